The fourth-order valence-corrected chi connectivity index (χ4v) is 6.23. The Balaban J connectivity index is 1.37. The van der Waals surface area contributed by atoms with E-state index < -0.39 is 0 Å². The van der Waals surface area contributed by atoms with Crippen LogP contribution in [0.15, 0.2) is 64.6 Å². The molecular formula is C24H10Cl2O3S2. The van der Waals surface area contributed by atoms with Gasteiger partial charge in [0.2, 0.25) is 0 Å². The molecule has 3 aromatic heterocycles. The SMILES string of the molecule is O=C1C(=Cc2cc3sc(-c4cc5ccccc5s4)cc3o2)C(=O)c2cc(Cl)c(Cl)cc21. The molecule has 0 fully saturated rings. The molecular weight excluding hydrogens is 471 g/mol. The Hall–Kier alpha value is -2.70. The Morgan fingerprint density at radius 2 is 1.42 bits per heavy atom. The minimum atomic E-state index is -0.371. The maximum absolute atomic E-state index is 12.7. The second-order valence-electron chi connectivity index (χ2n) is 7.16. The van der Waals surface area contributed by atoms with Gasteiger partial charge in [0.1, 0.15) is 11.3 Å². The molecule has 150 valence electrons. The summed E-state index contributed by atoms with van der Waals surface area (Å²) >= 11 is 15.4. The van der Waals surface area contributed by atoms with E-state index in [-0.39, 0.29) is 38.3 Å². The van der Waals surface area contributed by atoms with Crippen LogP contribution in [-0.4, -0.2) is 11.6 Å². The number of thiophene rings is 2. The largest absolute Gasteiger partial charge is 0.456 e. The summed E-state index contributed by atoms with van der Waals surface area (Å²) in [5.41, 5.74) is 1.32. The molecule has 3 nitrogen and oxygen atoms in total. The number of Topliss-reactive ketones (excluding diaryl/α,β-unsaturated/α-hetero) is 2. The smallest absolute Gasteiger partial charge is 0.197 e. The molecule has 6 rings (SSSR count). The van der Waals surface area contributed by atoms with E-state index in [2.05, 4.69) is 18.2 Å². The van der Waals surface area contributed by atoms with Crippen LogP contribution in [-0.2, 0) is 0 Å². The van der Waals surface area contributed by atoms with Crippen LogP contribution in [0.2, 0.25) is 10.0 Å². The molecule has 0 amide bonds. The average molecular weight is 481 g/mol. The number of allylic oxidation sites excluding steroid dienone is 1. The van der Waals surface area contributed by atoms with Crippen molar-refractivity contribution in [2.75, 3.05) is 0 Å². The zero-order chi connectivity index (χ0) is 21.3. The van der Waals surface area contributed by atoms with E-state index in [1.54, 1.807) is 22.7 Å². The van der Waals surface area contributed by atoms with E-state index in [0.717, 1.165) is 15.2 Å². The third-order valence-electron chi connectivity index (χ3n) is 5.22. The first-order valence-electron chi connectivity index (χ1n) is 9.30. The number of furan rings is 1. The van der Waals surface area contributed by atoms with Crippen molar-refractivity contribution in [2.45, 2.75) is 0 Å². The number of ketones is 2. The molecule has 0 N–H and O–H groups in total. The lowest BCUT2D eigenvalue weighted by molar-refractivity contribution is 0.0990. The number of carbonyl (C=O) groups is 2. The van der Waals surface area contributed by atoms with Gasteiger partial charge >= 0.3 is 0 Å². The van der Waals surface area contributed by atoms with Gasteiger partial charge in [-0.15, -0.1) is 22.7 Å². The summed E-state index contributed by atoms with van der Waals surface area (Å²) in [4.78, 5) is 27.8. The van der Waals surface area contributed by atoms with Gasteiger partial charge in [-0.25, -0.2) is 0 Å². The predicted octanol–water partition coefficient (Wildman–Crippen LogP) is 8.15. The number of fused-ring (bicyclic) bond motifs is 3. The van der Waals surface area contributed by atoms with Gasteiger partial charge in [-0.1, -0.05) is 41.4 Å². The van der Waals surface area contributed by atoms with Crippen molar-refractivity contribution in [3.8, 4) is 9.75 Å². The van der Waals surface area contributed by atoms with E-state index in [0.29, 0.717) is 5.76 Å². The van der Waals surface area contributed by atoms with Crippen molar-refractivity contribution >= 4 is 83.9 Å². The Kier molecular flexibility index (Phi) is 4.24. The molecule has 0 atom stereocenters. The van der Waals surface area contributed by atoms with Gasteiger partial charge in [-0.3, -0.25) is 9.59 Å². The normalized spacial score (nSPS) is 13.5. The highest BCUT2D eigenvalue weighted by atomic mass is 35.5. The summed E-state index contributed by atoms with van der Waals surface area (Å²) in [6.07, 6.45) is 1.50. The quantitative estimate of drug-likeness (QED) is 0.189. The second-order valence-corrected chi connectivity index (χ2v) is 10.1. The van der Waals surface area contributed by atoms with E-state index in [1.165, 1.54) is 33.2 Å². The molecule has 1 aliphatic carbocycles. The molecule has 0 radical (unpaired) electrons. The van der Waals surface area contributed by atoms with Crippen molar-refractivity contribution in [3.05, 3.63) is 87.1 Å². The summed E-state index contributed by atoms with van der Waals surface area (Å²) < 4.78 is 8.13. The third kappa shape index (κ3) is 3.00. The molecule has 31 heavy (non-hydrogen) atoms. The topological polar surface area (TPSA) is 47.3 Å². The first-order valence-corrected chi connectivity index (χ1v) is 11.7. The molecule has 0 aliphatic heterocycles. The summed E-state index contributed by atoms with van der Waals surface area (Å²) in [6, 6.07) is 17.2. The number of rotatable bonds is 2. The Morgan fingerprint density at radius 1 is 0.774 bits per heavy atom. The highest BCUT2D eigenvalue weighted by Crippen LogP contribution is 2.41. The van der Waals surface area contributed by atoms with Crippen LogP contribution < -0.4 is 0 Å². The van der Waals surface area contributed by atoms with Gasteiger partial charge in [0.15, 0.2) is 11.6 Å². The monoisotopic (exact) mass is 480 g/mol. The van der Waals surface area contributed by atoms with Crippen LogP contribution in [0.3, 0.4) is 0 Å². The summed E-state index contributed by atoms with van der Waals surface area (Å²) in [6.45, 7) is 0. The molecule has 0 spiro atoms. The number of hydrogen-bond acceptors (Lipinski definition) is 5. The van der Waals surface area contributed by atoms with Crippen LogP contribution >= 0.6 is 45.9 Å². The third-order valence-corrected chi connectivity index (χ3v) is 8.32. The molecule has 1 aliphatic rings. The lowest BCUT2D eigenvalue weighted by atomic mass is 10.1. The van der Waals surface area contributed by atoms with Gasteiger partial charge in [-0.2, -0.15) is 0 Å². The first-order chi connectivity index (χ1) is 15.0. The van der Waals surface area contributed by atoms with E-state index in [1.807, 2.05) is 24.3 Å². The van der Waals surface area contributed by atoms with E-state index in [4.69, 9.17) is 27.6 Å². The number of hydrogen-bond donors (Lipinski definition) is 0. The summed E-state index contributed by atoms with van der Waals surface area (Å²) in [5, 5.41) is 1.71. The molecule has 0 unspecified atom stereocenters. The second kappa shape index (κ2) is 6.90. The zero-order valence-corrected chi connectivity index (χ0v) is 18.7. The highest BCUT2D eigenvalue weighted by Gasteiger charge is 2.34. The van der Waals surface area contributed by atoms with Gasteiger partial charge in [0.05, 0.1) is 20.3 Å². The van der Waals surface area contributed by atoms with Crippen LogP contribution in [0, 0.1) is 0 Å². The van der Waals surface area contributed by atoms with E-state index >= 15 is 0 Å². The molecule has 0 saturated carbocycles. The van der Waals surface area contributed by atoms with Crippen LogP contribution in [0.5, 0.6) is 0 Å². The molecule has 5 aromatic rings. The summed E-state index contributed by atoms with van der Waals surface area (Å²) in [5.74, 6) is -0.278. The molecule has 0 saturated heterocycles. The van der Waals surface area contributed by atoms with Crippen molar-refractivity contribution in [3.63, 3.8) is 0 Å². The van der Waals surface area contributed by atoms with Gasteiger partial charge in [-0.05, 0) is 35.7 Å². The molecule has 0 bridgehead atoms. The maximum Gasteiger partial charge on any atom is 0.197 e. The van der Waals surface area contributed by atoms with Crippen molar-refractivity contribution in [1.82, 2.24) is 0 Å². The lowest BCUT2D eigenvalue weighted by Gasteiger charge is -1.98. The zero-order valence-electron chi connectivity index (χ0n) is 15.6. The van der Waals surface area contributed by atoms with Crippen LogP contribution in [0.25, 0.3) is 36.2 Å². The van der Waals surface area contributed by atoms with Crippen molar-refractivity contribution < 1.29 is 14.0 Å². The van der Waals surface area contributed by atoms with Crippen LogP contribution in [0.4, 0.5) is 0 Å². The number of halogens is 2. The maximum atomic E-state index is 12.7. The number of benzene rings is 2. The minimum Gasteiger partial charge on any atom is -0.456 e. The minimum absolute atomic E-state index is 0.0551. The van der Waals surface area contributed by atoms with Gasteiger partial charge in [0.25, 0.3) is 0 Å². The van der Waals surface area contributed by atoms with Gasteiger partial charge < -0.3 is 4.42 Å². The molecule has 3 heterocycles. The van der Waals surface area contributed by atoms with Crippen LogP contribution in [0.1, 0.15) is 26.5 Å². The first kappa shape index (κ1) is 19.0. The predicted molar refractivity (Wildman–Crippen MR) is 128 cm³/mol. The van der Waals surface area contributed by atoms with Crippen molar-refractivity contribution in [2.24, 2.45) is 0 Å². The highest BCUT2D eigenvalue weighted by molar-refractivity contribution is 7.28. The number of carbonyl (C=O) groups excluding carboxylic acids is 2. The fourth-order valence-electron chi connectivity index (χ4n) is 3.74. The van der Waals surface area contributed by atoms with Gasteiger partial charge in [0, 0.05) is 37.7 Å². The van der Waals surface area contributed by atoms with Crippen molar-refractivity contribution in [1.29, 1.82) is 0 Å². The Bertz CT molecular complexity index is 1490. The summed E-state index contributed by atoms with van der Waals surface area (Å²) in [7, 11) is 0. The van der Waals surface area contributed by atoms with E-state index in [9.17, 15) is 9.59 Å². The Morgan fingerprint density at radius 3 is 2.10 bits per heavy atom. The standard InChI is InChI=1S/C24H10Cl2O3S2/c25-16-8-13-14(9-17(16)26)24(28)15(23(13)27)6-12-7-20-18(29-12)10-22(31-20)21-5-11-3-1-2-4-19(11)30-21/h1-10H. The lowest BCUT2D eigenvalue weighted by Crippen LogP contribution is -1.99. The fraction of sp³-hybridized carbons (Fsp3) is 0. The molecule has 2 aromatic carbocycles. The molecule has 7 heteroatoms. The average Bonchev–Trinajstić information content (AvgIpc) is 3.48. The Labute approximate surface area is 194 Å².